The van der Waals surface area contributed by atoms with Crippen LogP contribution in [0.5, 0.6) is 0 Å². The molecule has 0 fully saturated rings. The summed E-state index contributed by atoms with van der Waals surface area (Å²) >= 11 is 2.90. The molecule has 0 N–H and O–H groups in total. The minimum atomic E-state index is -3.29. The number of halogens is 1. The van der Waals surface area contributed by atoms with Gasteiger partial charge < -0.3 is 4.74 Å². The Morgan fingerprint density at radius 1 is 1.50 bits per heavy atom. The highest BCUT2D eigenvalue weighted by Crippen LogP contribution is 2.05. The zero-order valence-corrected chi connectivity index (χ0v) is 10.3. The van der Waals surface area contributed by atoms with Crippen molar-refractivity contribution < 1.29 is 13.2 Å². The van der Waals surface area contributed by atoms with Crippen LogP contribution in [0.3, 0.4) is 0 Å². The van der Waals surface area contributed by atoms with Gasteiger partial charge in [0.15, 0.2) is 0 Å². The highest BCUT2D eigenvalue weighted by molar-refractivity contribution is 9.10. The number of methoxy groups -OCH3 is 1. The van der Waals surface area contributed by atoms with Gasteiger partial charge in [0.2, 0.25) is 10.0 Å². The monoisotopic (exact) mass is 284 g/mol. The van der Waals surface area contributed by atoms with Crippen molar-refractivity contribution >= 4 is 26.0 Å². The minimum absolute atomic E-state index is 0.130. The number of hydrogen-bond acceptors (Lipinski definition) is 4. The number of ether oxygens (including phenoxy) is 1. The van der Waals surface area contributed by atoms with Gasteiger partial charge in [0.25, 0.3) is 0 Å². The summed E-state index contributed by atoms with van der Waals surface area (Å²) in [6, 6.07) is 1.91. The Labute approximate surface area is 92.8 Å². The van der Waals surface area contributed by atoms with Crippen molar-refractivity contribution in [2.24, 2.45) is 0 Å². The Hall–Kier alpha value is -0.160. The van der Waals surface area contributed by atoms with Crippen LogP contribution in [0.15, 0.2) is 0 Å². The number of nitriles is 1. The maximum absolute atomic E-state index is 11.4. The minimum Gasteiger partial charge on any atom is -0.383 e. The van der Waals surface area contributed by atoms with Crippen LogP contribution in [0, 0.1) is 11.3 Å². The Kier molecular flexibility index (Phi) is 7.09. The maximum Gasteiger partial charge on any atom is 0.224 e. The number of sulfonamides is 1. The molecule has 5 nitrogen and oxygen atoms in total. The lowest BCUT2D eigenvalue weighted by molar-refractivity contribution is 0.179. The molecule has 0 saturated heterocycles. The number of alkyl halides is 1. The molecule has 0 saturated carbocycles. The third-order valence-corrected chi connectivity index (χ3v) is 4.71. The van der Waals surface area contributed by atoms with E-state index in [1.165, 1.54) is 11.4 Å². The molecule has 0 heterocycles. The van der Waals surface area contributed by atoms with E-state index < -0.39 is 10.0 Å². The van der Waals surface area contributed by atoms with Crippen molar-refractivity contribution in [2.45, 2.75) is 6.42 Å². The average Bonchev–Trinajstić information content (AvgIpc) is 2.17. The van der Waals surface area contributed by atoms with Gasteiger partial charge in [0.1, 0.15) is 4.66 Å². The van der Waals surface area contributed by atoms with E-state index in [9.17, 15) is 8.42 Å². The summed E-state index contributed by atoms with van der Waals surface area (Å²) in [6.45, 7) is 0.831. The average molecular weight is 285 g/mol. The van der Waals surface area contributed by atoms with Crippen molar-refractivity contribution in [2.75, 3.05) is 31.5 Å². The zero-order chi connectivity index (χ0) is 11.0. The molecule has 0 aromatic rings. The van der Waals surface area contributed by atoms with Crippen LogP contribution >= 0.6 is 15.9 Å². The summed E-state index contributed by atoms with van der Waals surface area (Å²) in [5.74, 6) is 0. The number of rotatable bonds is 7. The molecule has 0 spiro atoms. The van der Waals surface area contributed by atoms with E-state index in [0.29, 0.717) is 6.61 Å². The standard InChI is InChI=1S/C7H13BrN2O3S/c1-13-6-5-10(4-2-3-9)14(11,12)7-8/h2,4-7H2,1H3. The molecule has 14 heavy (non-hydrogen) atoms. The molecule has 0 aromatic heterocycles. The molecule has 7 heteroatoms. The second-order valence-corrected chi connectivity index (χ2v) is 5.79. The molecule has 0 aliphatic carbocycles. The summed E-state index contributed by atoms with van der Waals surface area (Å²) in [4.78, 5) is 0. The lowest BCUT2D eigenvalue weighted by atomic mass is 10.4. The summed E-state index contributed by atoms with van der Waals surface area (Å²) in [7, 11) is -1.78. The molecule has 0 bridgehead atoms. The first-order valence-electron chi connectivity index (χ1n) is 3.98. The van der Waals surface area contributed by atoms with Gasteiger partial charge in [-0.15, -0.1) is 0 Å². The largest absolute Gasteiger partial charge is 0.383 e. The van der Waals surface area contributed by atoms with Gasteiger partial charge in [0.05, 0.1) is 12.7 Å². The van der Waals surface area contributed by atoms with E-state index in [1.54, 1.807) is 0 Å². The van der Waals surface area contributed by atoms with Gasteiger partial charge in [-0.2, -0.15) is 9.57 Å². The van der Waals surface area contributed by atoms with Crippen molar-refractivity contribution in [1.82, 2.24) is 4.31 Å². The molecule has 0 aliphatic rings. The molecule has 82 valence electrons. The molecule has 0 rings (SSSR count). The first-order chi connectivity index (χ1) is 6.58. The van der Waals surface area contributed by atoms with Crippen LogP contribution < -0.4 is 0 Å². The van der Waals surface area contributed by atoms with Crippen LogP contribution in [-0.2, 0) is 14.8 Å². The van der Waals surface area contributed by atoms with Gasteiger partial charge in [-0.25, -0.2) is 8.42 Å². The van der Waals surface area contributed by atoms with E-state index in [-0.39, 0.29) is 24.2 Å². The van der Waals surface area contributed by atoms with E-state index in [4.69, 9.17) is 10.00 Å². The van der Waals surface area contributed by atoms with Crippen LogP contribution in [0.4, 0.5) is 0 Å². The van der Waals surface area contributed by atoms with Crippen molar-refractivity contribution in [1.29, 1.82) is 5.26 Å². The fourth-order valence-electron chi connectivity index (χ4n) is 0.827. The van der Waals surface area contributed by atoms with Crippen LogP contribution in [0.2, 0.25) is 0 Å². The first kappa shape index (κ1) is 13.8. The summed E-state index contributed by atoms with van der Waals surface area (Å²) in [5, 5.41) is 8.36. The lowest BCUT2D eigenvalue weighted by Gasteiger charge is -2.18. The van der Waals surface area contributed by atoms with Crippen molar-refractivity contribution in [3.63, 3.8) is 0 Å². The Balaban J connectivity index is 4.32. The second-order valence-electron chi connectivity index (χ2n) is 2.52. The highest BCUT2D eigenvalue weighted by Gasteiger charge is 2.19. The molecule has 0 atom stereocenters. The van der Waals surface area contributed by atoms with E-state index in [2.05, 4.69) is 15.9 Å². The maximum atomic E-state index is 11.4. The summed E-state index contributed by atoms with van der Waals surface area (Å²) in [6.07, 6.45) is 0.190. The van der Waals surface area contributed by atoms with Crippen LogP contribution in [0.1, 0.15) is 6.42 Å². The second kappa shape index (κ2) is 7.17. The van der Waals surface area contributed by atoms with Gasteiger partial charge in [0, 0.05) is 26.6 Å². The van der Waals surface area contributed by atoms with E-state index in [0.717, 1.165) is 0 Å². The Morgan fingerprint density at radius 2 is 2.14 bits per heavy atom. The number of nitrogens with zero attached hydrogens (tertiary/aromatic N) is 2. The van der Waals surface area contributed by atoms with E-state index >= 15 is 0 Å². The highest BCUT2D eigenvalue weighted by atomic mass is 79.9. The fourth-order valence-corrected chi connectivity index (χ4v) is 2.56. The predicted molar refractivity (Wildman–Crippen MR) is 56.4 cm³/mol. The topological polar surface area (TPSA) is 70.4 Å². The van der Waals surface area contributed by atoms with E-state index in [1.807, 2.05) is 6.07 Å². The molecular formula is C7H13BrN2O3S. The van der Waals surface area contributed by atoms with Crippen LogP contribution in [-0.4, -0.2) is 44.2 Å². The molecule has 0 radical (unpaired) electrons. The normalized spacial score (nSPS) is 11.6. The fraction of sp³-hybridized carbons (Fsp3) is 0.857. The summed E-state index contributed by atoms with van der Waals surface area (Å²) in [5.41, 5.74) is 0. The molecule has 0 amide bonds. The summed E-state index contributed by atoms with van der Waals surface area (Å²) < 4.78 is 28.8. The van der Waals surface area contributed by atoms with Crippen LogP contribution in [0.25, 0.3) is 0 Å². The predicted octanol–water partition coefficient (Wildman–Crippen LogP) is 0.531. The first-order valence-corrected chi connectivity index (χ1v) is 6.71. The molecule has 0 aromatic carbocycles. The molecular weight excluding hydrogens is 272 g/mol. The van der Waals surface area contributed by atoms with Gasteiger partial charge >= 0.3 is 0 Å². The number of hydrogen-bond donors (Lipinski definition) is 0. The van der Waals surface area contributed by atoms with Gasteiger partial charge in [-0.3, -0.25) is 0 Å². The Morgan fingerprint density at radius 3 is 2.57 bits per heavy atom. The quantitative estimate of drug-likeness (QED) is 0.640. The Bertz CT molecular complexity index is 286. The van der Waals surface area contributed by atoms with Crippen molar-refractivity contribution in [3.05, 3.63) is 0 Å². The zero-order valence-electron chi connectivity index (χ0n) is 7.94. The smallest absolute Gasteiger partial charge is 0.224 e. The molecule has 0 aliphatic heterocycles. The van der Waals surface area contributed by atoms with Crippen molar-refractivity contribution in [3.8, 4) is 6.07 Å². The van der Waals surface area contributed by atoms with Gasteiger partial charge in [-0.05, 0) is 0 Å². The third-order valence-electron chi connectivity index (χ3n) is 1.55. The van der Waals surface area contributed by atoms with Gasteiger partial charge in [-0.1, -0.05) is 15.9 Å². The molecule has 0 unspecified atom stereocenters. The SMILES string of the molecule is COCCN(CCC#N)S(=O)(=O)CBr. The third kappa shape index (κ3) is 4.91. The lowest BCUT2D eigenvalue weighted by Crippen LogP contribution is -2.35.